The molecule has 0 spiro atoms. The highest BCUT2D eigenvalue weighted by molar-refractivity contribution is 7.90. The lowest BCUT2D eigenvalue weighted by Gasteiger charge is -2.11. The normalized spacial score (nSPS) is 12.0. The maximum Gasteiger partial charge on any atom is 0.246 e. The summed E-state index contributed by atoms with van der Waals surface area (Å²) in [6.45, 7) is 1.77. The van der Waals surface area contributed by atoms with E-state index in [0.717, 1.165) is 11.8 Å². The average molecular weight is 382 g/mol. The van der Waals surface area contributed by atoms with Gasteiger partial charge in [-0.1, -0.05) is 11.6 Å². The second kappa shape index (κ2) is 7.62. The van der Waals surface area contributed by atoms with Gasteiger partial charge in [-0.25, -0.2) is 8.42 Å². The highest BCUT2D eigenvalue weighted by Gasteiger charge is 2.11. The van der Waals surface area contributed by atoms with E-state index in [4.69, 9.17) is 27.6 Å². The molecule has 0 heterocycles. The molecule has 0 aliphatic carbocycles. The smallest absolute Gasteiger partial charge is 0.246 e. The molecule has 7 nitrogen and oxygen atoms in total. The molecular weight excluding hydrogens is 364 g/mol. The van der Waals surface area contributed by atoms with Gasteiger partial charge < -0.3 is 10.5 Å². The Morgan fingerprint density at radius 3 is 2.60 bits per heavy atom. The fraction of sp³-hybridized carbons (Fsp3) is 0.188. The van der Waals surface area contributed by atoms with Crippen LogP contribution in [0, 0.1) is 6.92 Å². The van der Waals surface area contributed by atoms with Gasteiger partial charge in [0.1, 0.15) is 16.7 Å². The topological polar surface area (TPSA) is 120 Å². The Balaban J connectivity index is 2.30. The van der Waals surface area contributed by atoms with Crippen molar-refractivity contribution >= 4 is 27.3 Å². The molecular formula is C16H18ClN4O3S+. The first-order valence-electron chi connectivity index (χ1n) is 7.19. The Hall–Kier alpha value is -2.45. The molecule has 132 valence electrons. The molecule has 0 aliphatic heterocycles. The van der Waals surface area contributed by atoms with Crippen LogP contribution in [0.3, 0.4) is 0 Å². The third-order valence-electron chi connectivity index (χ3n) is 3.30. The van der Waals surface area contributed by atoms with Crippen LogP contribution >= 0.6 is 11.6 Å². The monoisotopic (exact) mass is 381 g/mol. The van der Waals surface area contributed by atoms with Crippen LogP contribution in [0.1, 0.15) is 11.1 Å². The van der Waals surface area contributed by atoms with Crippen molar-refractivity contribution in [3.05, 3.63) is 52.5 Å². The van der Waals surface area contributed by atoms with Gasteiger partial charge >= 0.3 is 0 Å². The lowest BCUT2D eigenvalue weighted by atomic mass is 10.1. The summed E-state index contributed by atoms with van der Waals surface area (Å²) in [5.41, 5.74) is 12.1. The van der Waals surface area contributed by atoms with Crippen LogP contribution in [0.5, 0.6) is 11.5 Å². The Morgan fingerprint density at radius 2 is 2.00 bits per heavy atom. The maximum atomic E-state index is 11.6. The number of rotatable bonds is 6. The molecule has 0 aromatic heterocycles. The molecule has 0 aliphatic rings. The fourth-order valence-electron chi connectivity index (χ4n) is 2.19. The number of benzene rings is 2. The second-order valence-electron chi connectivity index (χ2n) is 5.48. The van der Waals surface area contributed by atoms with Crippen LogP contribution < -0.4 is 16.0 Å². The number of hydrogen-bond acceptors (Lipinski definition) is 4. The summed E-state index contributed by atoms with van der Waals surface area (Å²) in [5.74, 6) is 1.26. The van der Waals surface area contributed by atoms with Crippen molar-refractivity contribution in [2.75, 3.05) is 6.26 Å². The summed E-state index contributed by atoms with van der Waals surface area (Å²) < 4.78 is 29.0. The van der Waals surface area contributed by atoms with Gasteiger partial charge in [0.25, 0.3) is 0 Å². The molecule has 0 radical (unpaired) electrons. The predicted octanol–water partition coefficient (Wildman–Crippen LogP) is 1.87. The number of aryl methyl sites for hydroxylation is 1. The highest BCUT2D eigenvalue weighted by atomic mass is 35.5. The molecule has 25 heavy (non-hydrogen) atoms. The van der Waals surface area contributed by atoms with Crippen molar-refractivity contribution in [1.82, 2.24) is 0 Å². The third-order valence-corrected chi connectivity index (χ3v) is 4.63. The van der Waals surface area contributed by atoms with Crippen LogP contribution in [0.15, 0.2) is 51.6 Å². The van der Waals surface area contributed by atoms with Gasteiger partial charge in [0.2, 0.25) is 5.84 Å². The summed E-state index contributed by atoms with van der Waals surface area (Å²) in [6, 6.07) is 9.80. The first kappa shape index (κ1) is 18.9. The van der Waals surface area contributed by atoms with Crippen molar-refractivity contribution in [2.45, 2.75) is 18.2 Å². The van der Waals surface area contributed by atoms with E-state index in [1.807, 2.05) is 0 Å². The van der Waals surface area contributed by atoms with E-state index >= 15 is 0 Å². The predicted molar refractivity (Wildman–Crippen MR) is 95.5 cm³/mol. The number of ether oxygens (including phenoxy) is 1. The molecule has 0 atom stereocenters. The lowest BCUT2D eigenvalue weighted by Crippen LogP contribution is -2.24. The summed E-state index contributed by atoms with van der Waals surface area (Å²) in [5, 5.41) is 7.17. The summed E-state index contributed by atoms with van der Waals surface area (Å²) in [7, 11) is -3.27. The van der Waals surface area contributed by atoms with Crippen molar-refractivity contribution < 1.29 is 18.7 Å². The van der Waals surface area contributed by atoms with E-state index in [-0.39, 0.29) is 10.7 Å². The van der Waals surface area contributed by atoms with E-state index < -0.39 is 9.84 Å². The van der Waals surface area contributed by atoms with Gasteiger partial charge in [0, 0.05) is 11.3 Å². The number of nitrogens with two attached hydrogens (primary N) is 2. The zero-order chi connectivity index (χ0) is 18.6. The van der Waals surface area contributed by atoms with E-state index in [1.165, 1.54) is 6.07 Å². The molecule has 9 heteroatoms. The number of sulfone groups is 1. The lowest BCUT2D eigenvalue weighted by molar-refractivity contribution is -0.221. The van der Waals surface area contributed by atoms with E-state index in [1.54, 1.807) is 37.3 Å². The SMILES string of the molecule is Cc1cc(S(C)(=O)=O)ccc1Oc1cc(Cl)cc(C/C(N)=N/N=[NH2+])c1. The second-order valence-corrected chi connectivity index (χ2v) is 7.93. The van der Waals surface area contributed by atoms with Crippen LogP contribution in [-0.2, 0) is 16.3 Å². The zero-order valence-electron chi connectivity index (χ0n) is 13.7. The van der Waals surface area contributed by atoms with Gasteiger partial charge in [-0.3, -0.25) is 0 Å². The van der Waals surface area contributed by atoms with Gasteiger partial charge in [-0.2, -0.15) is 5.53 Å². The van der Waals surface area contributed by atoms with Crippen molar-refractivity contribution in [3.63, 3.8) is 0 Å². The zero-order valence-corrected chi connectivity index (χ0v) is 15.3. The van der Waals surface area contributed by atoms with Gasteiger partial charge in [0.15, 0.2) is 9.84 Å². The first-order valence-corrected chi connectivity index (χ1v) is 9.46. The molecule has 0 saturated heterocycles. The largest absolute Gasteiger partial charge is 0.457 e. The maximum absolute atomic E-state index is 11.6. The van der Waals surface area contributed by atoms with Gasteiger partial charge in [-0.15, -0.1) is 0 Å². The summed E-state index contributed by atoms with van der Waals surface area (Å²) >= 11 is 6.11. The minimum absolute atomic E-state index is 0.235. The van der Waals surface area contributed by atoms with Crippen LogP contribution in [0.4, 0.5) is 0 Å². The Morgan fingerprint density at radius 1 is 1.28 bits per heavy atom. The number of halogens is 1. The van der Waals surface area contributed by atoms with Gasteiger partial charge in [0.05, 0.1) is 16.4 Å². The molecule has 0 fully saturated rings. The molecule has 2 aromatic carbocycles. The molecule has 0 amide bonds. The molecule has 0 bridgehead atoms. The van der Waals surface area contributed by atoms with Crippen LogP contribution in [0.2, 0.25) is 5.02 Å². The van der Waals surface area contributed by atoms with Crippen molar-refractivity contribution in [2.24, 2.45) is 16.1 Å². The van der Waals surface area contributed by atoms with E-state index in [2.05, 4.69) is 10.3 Å². The average Bonchev–Trinajstić information content (AvgIpc) is 2.47. The fourth-order valence-corrected chi connectivity index (χ4v) is 3.15. The summed E-state index contributed by atoms with van der Waals surface area (Å²) in [6.07, 6.45) is 1.47. The Kier molecular flexibility index (Phi) is 5.76. The van der Waals surface area contributed by atoms with Crippen molar-refractivity contribution in [3.8, 4) is 11.5 Å². The molecule has 4 N–H and O–H groups in total. The van der Waals surface area contributed by atoms with Crippen LogP contribution in [-0.4, -0.2) is 20.5 Å². The third kappa shape index (κ3) is 5.27. The molecule has 0 unspecified atom stereocenters. The summed E-state index contributed by atoms with van der Waals surface area (Å²) in [4.78, 5) is 0.235. The minimum atomic E-state index is -3.27. The molecule has 2 aromatic rings. The highest BCUT2D eigenvalue weighted by Crippen LogP contribution is 2.30. The van der Waals surface area contributed by atoms with E-state index in [9.17, 15) is 8.42 Å². The molecule has 2 rings (SSSR count). The van der Waals surface area contributed by atoms with Gasteiger partial charge in [-0.05, 0) is 54.4 Å². The standard InChI is InChI=1S/C16H17ClN4O3S/c1-10-5-14(25(2,22)23)3-4-15(10)24-13-7-11(6-12(17)9-13)8-16(18)20-21-19/h3-7,9H,8H2,1-2H3,(H3,18,19,20)/p+1. The van der Waals surface area contributed by atoms with Crippen molar-refractivity contribution in [1.29, 1.82) is 0 Å². The Labute approximate surface area is 150 Å². The number of nitrogens with zero attached hydrogens (tertiary/aromatic N) is 2. The number of amidine groups is 1. The molecule has 0 saturated carbocycles. The van der Waals surface area contributed by atoms with Crippen LogP contribution in [0.25, 0.3) is 0 Å². The first-order chi connectivity index (χ1) is 11.7. The number of hydrogen-bond donors (Lipinski definition) is 2. The van der Waals surface area contributed by atoms with E-state index in [0.29, 0.717) is 28.5 Å². The minimum Gasteiger partial charge on any atom is -0.457 e. The quantitative estimate of drug-likeness (QED) is 0.343. The Bertz CT molecular complexity index is 942.